The average Bonchev–Trinajstić information content (AvgIpc) is 2.28. The van der Waals surface area contributed by atoms with Crippen LogP contribution in [0.15, 0.2) is 30.3 Å². The standard InChI is InChI=1S/C14H22N2OS/c1-11(10-16(2)3)15-14(17)13(18)9-12-7-5-4-6-8-12/h4-8,11,13,18H,9-10H2,1-3H3,(H,15,17). The lowest BCUT2D eigenvalue weighted by Crippen LogP contribution is -2.43. The molecule has 2 unspecified atom stereocenters. The van der Waals surface area contributed by atoms with Crippen LogP contribution in [0.5, 0.6) is 0 Å². The number of rotatable bonds is 6. The van der Waals surface area contributed by atoms with Crippen LogP contribution in [0, 0.1) is 0 Å². The Balaban J connectivity index is 2.42. The van der Waals surface area contributed by atoms with Gasteiger partial charge < -0.3 is 10.2 Å². The molecule has 100 valence electrons. The highest BCUT2D eigenvalue weighted by molar-refractivity contribution is 7.81. The summed E-state index contributed by atoms with van der Waals surface area (Å²) in [6.45, 7) is 2.83. The van der Waals surface area contributed by atoms with E-state index in [0.29, 0.717) is 6.42 Å². The number of hydrogen-bond acceptors (Lipinski definition) is 3. The first kappa shape index (κ1) is 15.1. The van der Waals surface area contributed by atoms with Gasteiger partial charge in [-0.2, -0.15) is 12.6 Å². The van der Waals surface area contributed by atoms with Gasteiger partial charge in [0.25, 0.3) is 0 Å². The molecule has 0 saturated carbocycles. The Morgan fingerprint density at radius 1 is 1.33 bits per heavy atom. The minimum atomic E-state index is -0.294. The van der Waals surface area contributed by atoms with Crippen molar-refractivity contribution in [1.82, 2.24) is 10.2 Å². The van der Waals surface area contributed by atoms with Crippen LogP contribution in [0.4, 0.5) is 0 Å². The van der Waals surface area contributed by atoms with E-state index in [2.05, 4.69) is 22.8 Å². The third kappa shape index (κ3) is 5.56. The Hall–Kier alpha value is -1.00. The number of nitrogens with one attached hydrogen (secondary N) is 1. The number of benzene rings is 1. The predicted molar refractivity (Wildman–Crippen MR) is 79.1 cm³/mol. The van der Waals surface area contributed by atoms with E-state index in [1.165, 1.54) is 0 Å². The molecule has 18 heavy (non-hydrogen) atoms. The highest BCUT2D eigenvalue weighted by Gasteiger charge is 2.16. The number of hydrogen-bond donors (Lipinski definition) is 2. The van der Waals surface area contributed by atoms with Crippen molar-refractivity contribution < 1.29 is 4.79 Å². The molecule has 3 nitrogen and oxygen atoms in total. The quantitative estimate of drug-likeness (QED) is 0.767. The van der Waals surface area contributed by atoms with Crippen molar-refractivity contribution in [2.45, 2.75) is 24.6 Å². The normalized spacial score (nSPS) is 14.3. The molecular weight excluding hydrogens is 244 g/mol. The Morgan fingerprint density at radius 3 is 2.50 bits per heavy atom. The Kier molecular flexibility index (Phi) is 6.22. The van der Waals surface area contributed by atoms with Crippen molar-refractivity contribution in [1.29, 1.82) is 0 Å². The zero-order valence-electron chi connectivity index (χ0n) is 11.3. The Morgan fingerprint density at radius 2 is 1.94 bits per heavy atom. The van der Waals surface area contributed by atoms with Gasteiger partial charge in [0.05, 0.1) is 5.25 Å². The summed E-state index contributed by atoms with van der Waals surface area (Å²) < 4.78 is 0. The van der Waals surface area contributed by atoms with Gasteiger partial charge in [-0.15, -0.1) is 0 Å². The largest absolute Gasteiger partial charge is 0.351 e. The molecule has 1 amide bonds. The number of carbonyl (C=O) groups is 1. The van der Waals surface area contributed by atoms with Gasteiger partial charge in [-0.05, 0) is 33.0 Å². The van der Waals surface area contributed by atoms with Gasteiger partial charge in [-0.1, -0.05) is 30.3 Å². The second-order valence-corrected chi connectivity index (χ2v) is 5.50. The molecule has 0 heterocycles. The first-order chi connectivity index (χ1) is 8.49. The van der Waals surface area contributed by atoms with Crippen LogP contribution in [0.25, 0.3) is 0 Å². The lowest BCUT2D eigenvalue weighted by Gasteiger charge is -2.20. The molecule has 1 rings (SSSR count). The number of thiol groups is 1. The second kappa shape index (κ2) is 7.44. The van der Waals surface area contributed by atoms with Gasteiger partial charge in [0.2, 0.25) is 5.91 Å². The third-order valence-electron chi connectivity index (χ3n) is 2.60. The molecule has 0 aromatic heterocycles. The molecule has 4 heteroatoms. The van der Waals surface area contributed by atoms with Crippen molar-refractivity contribution in [3.8, 4) is 0 Å². The molecule has 0 aliphatic rings. The molecule has 0 fully saturated rings. The van der Waals surface area contributed by atoms with Crippen molar-refractivity contribution in [2.75, 3.05) is 20.6 Å². The smallest absolute Gasteiger partial charge is 0.233 e. The summed E-state index contributed by atoms with van der Waals surface area (Å²) in [5, 5.41) is 2.68. The van der Waals surface area contributed by atoms with Gasteiger partial charge in [-0.25, -0.2) is 0 Å². The van der Waals surface area contributed by atoms with Crippen LogP contribution in [0.3, 0.4) is 0 Å². The fraction of sp³-hybridized carbons (Fsp3) is 0.500. The molecule has 0 spiro atoms. The summed E-state index contributed by atoms with van der Waals surface area (Å²) in [5.41, 5.74) is 1.13. The van der Waals surface area contributed by atoms with E-state index in [1.807, 2.05) is 51.4 Å². The number of carbonyl (C=O) groups excluding carboxylic acids is 1. The second-order valence-electron chi connectivity index (χ2n) is 4.88. The summed E-state index contributed by atoms with van der Waals surface area (Å²) in [7, 11) is 3.98. The molecule has 1 N–H and O–H groups in total. The first-order valence-electron chi connectivity index (χ1n) is 6.16. The summed E-state index contributed by atoms with van der Waals surface area (Å²) in [4.78, 5) is 14.0. The molecular formula is C14H22N2OS. The monoisotopic (exact) mass is 266 g/mol. The van der Waals surface area contributed by atoms with E-state index in [1.54, 1.807) is 0 Å². The maximum absolute atomic E-state index is 11.9. The lowest BCUT2D eigenvalue weighted by atomic mass is 10.1. The fourth-order valence-corrected chi connectivity index (χ4v) is 2.15. The predicted octanol–water partition coefficient (Wildman–Crippen LogP) is 1.59. The number of amides is 1. The average molecular weight is 266 g/mol. The molecule has 0 radical (unpaired) electrons. The Labute approximate surface area is 115 Å². The number of likely N-dealkylation sites (N-methyl/N-ethyl adjacent to an activating group) is 1. The zero-order valence-corrected chi connectivity index (χ0v) is 12.2. The van der Waals surface area contributed by atoms with E-state index in [4.69, 9.17) is 0 Å². The van der Waals surface area contributed by atoms with Gasteiger partial charge in [0.15, 0.2) is 0 Å². The minimum absolute atomic E-state index is 0.00321. The molecule has 0 bridgehead atoms. The Bertz CT molecular complexity index is 367. The van der Waals surface area contributed by atoms with E-state index in [-0.39, 0.29) is 17.2 Å². The molecule has 1 aromatic carbocycles. The van der Waals surface area contributed by atoms with E-state index in [9.17, 15) is 4.79 Å². The third-order valence-corrected chi connectivity index (χ3v) is 3.02. The minimum Gasteiger partial charge on any atom is -0.351 e. The van der Waals surface area contributed by atoms with Gasteiger partial charge in [-0.3, -0.25) is 4.79 Å². The molecule has 0 saturated heterocycles. The maximum atomic E-state index is 11.9. The highest BCUT2D eigenvalue weighted by atomic mass is 32.1. The lowest BCUT2D eigenvalue weighted by molar-refractivity contribution is -0.121. The van der Waals surface area contributed by atoms with Crippen LogP contribution in [0.1, 0.15) is 12.5 Å². The van der Waals surface area contributed by atoms with Gasteiger partial charge in [0, 0.05) is 12.6 Å². The van der Waals surface area contributed by atoms with E-state index >= 15 is 0 Å². The van der Waals surface area contributed by atoms with Crippen LogP contribution < -0.4 is 5.32 Å². The summed E-state index contributed by atoms with van der Waals surface area (Å²) in [6.07, 6.45) is 0.657. The van der Waals surface area contributed by atoms with Crippen LogP contribution in [-0.2, 0) is 11.2 Å². The topological polar surface area (TPSA) is 32.3 Å². The summed E-state index contributed by atoms with van der Waals surface area (Å²) in [6, 6.07) is 10.1. The van der Waals surface area contributed by atoms with E-state index < -0.39 is 0 Å². The fourth-order valence-electron chi connectivity index (χ4n) is 1.86. The van der Waals surface area contributed by atoms with E-state index in [0.717, 1.165) is 12.1 Å². The van der Waals surface area contributed by atoms with Crippen LogP contribution >= 0.6 is 12.6 Å². The van der Waals surface area contributed by atoms with Crippen molar-refractivity contribution in [2.24, 2.45) is 0 Å². The van der Waals surface area contributed by atoms with Crippen LogP contribution in [0.2, 0.25) is 0 Å². The highest BCUT2D eigenvalue weighted by Crippen LogP contribution is 2.08. The maximum Gasteiger partial charge on any atom is 0.233 e. The van der Waals surface area contributed by atoms with Crippen molar-refractivity contribution in [3.05, 3.63) is 35.9 Å². The van der Waals surface area contributed by atoms with Crippen molar-refractivity contribution >= 4 is 18.5 Å². The summed E-state index contributed by atoms with van der Waals surface area (Å²) >= 11 is 4.38. The molecule has 1 aromatic rings. The first-order valence-corrected chi connectivity index (χ1v) is 6.67. The molecule has 0 aliphatic heterocycles. The SMILES string of the molecule is CC(CN(C)C)NC(=O)C(S)Cc1ccccc1. The van der Waals surface area contributed by atoms with Gasteiger partial charge in [0.1, 0.15) is 0 Å². The van der Waals surface area contributed by atoms with Crippen LogP contribution in [-0.4, -0.2) is 42.7 Å². The zero-order chi connectivity index (χ0) is 13.5. The van der Waals surface area contributed by atoms with Gasteiger partial charge >= 0.3 is 0 Å². The number of nitrogens with zero attached hydrogens (tertiary/aromatic N) is 1. The van der Waals surface area contributed by atoms with Crippen molar-refractivity contribution in [3.63, 3.8) is 0 Å². The summed E-state index contributed by atoms with van der Waals surface area (Å²) in [5.74, 6) is -0.00321. The molecule has 0 aliphatic carbocycles. The molecule has 2 atom stereocenters.